The van der Waals surface area contributed by atoms with Gasteiger partial charge < -0.3 is 14.7 Å². The third kappa shape index (κ3) is 4.81. The molecular formula is C13H20FNO2. The molecule has 0 aliphatic heterocycles. The van der Waals surface area contributed by atoms with Crippen LogP contribution in [0.15, 0.2) is 24.3 Å². The highest BCUT2D eigenvalue weighted by molar-refractivity contribution is 5.19. The molecule has 4 heteroatoms. The Bertz CT molecular complexity index is 333. The summed E-state index contributed by atoms with van der Waals surface area (Å²) in [7, 11) is 3.56. The minimum atomic E-state index is -0.788. The van der Waals surface area contributed by atoms with E-state index in [2.05, 4.69) is 0 Å². The van der Waals surface area contributed by atoms with Crippen molar-refractivity contribution >= 4 is 0 Å². The molecule has 0 heterocycles. The minimum absolute atomic E-state index is 0.353. The topological polar surface area (TPSA) is 32.7 Å². The van der Waals surface area contributed by atoms with Gasteiger partial charge in [-0.25, -0.2) is 4.39 Å². The Morgan fingerprint density at radius 3 is 2.76 bits per heavy atom. The highest BCUT2D eigenvalue weighted by Gasteiger charge is 2.13. The normalized spacial score (nSPS) is 13.0. The van der Waals surface area contributed by atoms with Gasteiger partial charge >= 0.3 is 0 Å². The lowest BCUT2D eigenvalue weighted by Gasteiger charge is -2.20. The smallest absolute Gasteiger partial charge is 0.129 e. The Morgan fingerprint density at radius 1 is 1.41 bits per heavy atom. The molecule has 1 atom stereocenters. The molecule has 3 nitrogen and oxygen atoms in total. The molecule has 0 saturated heterocycles. The maximum atomic E-state index is 13.4. The molecule has 0 amide bonds. The van der Waals surface area contributed by atoms with Crippen LogP contribution in [0.3, 0.4) is 0 Å². The number of halogens is 1. The number of benzene rings is 1. The fourth-order valence-electron chi connectivity index (χ4n) is 1.71. The molecule has 0 aliphatic rings. The number of aliphatic hydroxyl groups excluding tert-OH is 1. The second-order valence-electron chi connectivity index (χ2n) is 4.15. The van der Waals surface area contributed by atoms with E-state index in [0.29, 0.717) is 18.7 Å². The Balaban J connectivity index is 2.43. The van der Waals surface area contributed by atoms with Gasteiger partial charge in [0.25, 0.3) is 0 Å². The van der Waals surface area contributed by atoms with Crippen molar-refractivity contribution in [2.45, 2.75) is 12.5 Å². The summed E-state index contributed by atoms with van der Waals surface area (Å²) in [5, 5.41) is 9.92. The number of nitrogens with zero attached hydrogens (tertiary/aromatic N) is 1. The van der Waals surface area contributed by atoms with E-state index >= 15 is 0 Å². The number of hydrogen-bond donors (Lipinski definition) is 1. The summed E-state index contributed by atoms with van der Waals surface area (Å²) < 4.78 is 18.4. The van der Waals surface area contributed by atoms with Crippen LogP contribution in [-0.2, 0) is 4.74 Å². The van der Waals surface area contributed by atoms with Gasteiger partial charge in [-0.15, -0.1) is 0 Å². The van der Waals surface area contributed by atoms with Gasteiger partial charge in [0.1, 0.15) is 5.82 Å². The molecule has 1 aromatic rings. The molecule has 1 rings (SSSR count). The quantitative estimate of drug-likeness (QED) is 0.739. The molecular weight excluding hydrogens is 221 g/mol. The van der Waals surface area contributed by atoms with Crippen LogP contribution in [0.25, 0.3) is 0 Å². The number of hydrogen-bond acceptors (Lipinski definition) is 3. The molecule has 96 valence electrons. The molecule has 17 heavy (non-hydrogen) atoms. The first-order valence-corrected chi connectivity index (χ1v) is 5.75. The predicted octanol–water partition coefficient (Wildman–Crippen LogP) is 1.83. The van der Waals surface area contributed by atoms with Gasteiger partial charge in [-0.1, -0.05) is 18.2 Å². The molecule has 1 unspecified atom stereocenters. The Morgan fingerprint density at radius 2 is 2.12 bits per heavy atom. The first kappa shape index (κ1) is 14.1. The van der Waals surface area contributed by atoms with Gasteiger partial charge in [-0.2, -0.15) is 0 Å². The number of methoxy groups -OCH3 is 1. The Labute approximate surface area is 102 Å². The van der Waals surface area contributed by atoms with Gasteiger partial charge in [-0.05, 0) is 19.5 Å². The van der Waals surface area contributed by atoms with Crippen LogP contribution in [0.4, 0.5) is 4.39 Å². The van der Waals surface area contributed by atoms with Gasteiger partial charge in [0.05, 0.1) is 6.10 Å². The van der Waals surface area contributed by atoms with Crippen molar-refractivity contribution in [1.82, 2.24) is 4.90 Å². The lowest BCUT2D eigenvalue weighted by atomic mass is 10.1. The van der Waals surface area contributed by atoms with Crippen molar-refractivity contribution in [3.63, 3.8) is 0 Å². The Kier molecular flexibility index (Phi) is 6.11. The van der Waals surface area contributed by atoms with Gasteiger partial charge in [0, 0.05) is 32.4 Å². The number of likely N-dealkylation sites (N-methyl/N-ethyl adjacent to an activating group) is 1. The minimum Gasteiger partial charge on any atom is -0.387 e. The van der Waals surface area contributed by atoms with Crippen LogP contribution in [0.5, 0.6) is 0 Å². The average molecular weight is 241 g/mol. The van der Waals surface area contributed by atoms with Crippen molar-refractivity contribution in [3.8, 4) is 0 Å². The van der Waals surface area contributed by atoms with Crippen molar-refractivity contribution in [1.29, 1.82) is 0 Å². The van der Waals surface area contributed by atoms with E-state index in [1.54, 1.807) is 25.3 Å². The third-order valence-corrected chi connectivity index (χ3v) is 2.64. The van der Waals surface area contributed by atoms with E-state index in [9.17, 15) is 9.50 Å². The first-order valence-electron chi connectivity index (χ1n) is 5.75. The Hall–Kier alpha value is -0.970. The van der Waals surface area contributed by atoms with Gasteiger partial charge in [-0.3, -0.25) is 0 Å². The predicted molar refractivity (Wildman–Crippen MR) is 65.3 cm³/mol. The molecule has 1 N–H and O–H groups in total. The van der Waals surface area contributed by atoms with Crippen molar-refractivity contribution in [3.05, 3.63) is 35.6 Å². The standard InChI is InChI=1S/C13H20FNO2/c1-15(8-5-9-17-2)10-13(16)11-6-3-4-7-12(11)14/h3-4,6-7,13,16H,5,8-10H2,1-2H3. The fourth-order valence-corrected chi connectivity index (χ4v) is 1.71. The second-order valence-corrected chi connectivity index (χ2v) is 4.15. The average Bonchev–Trinajstić information content (AvgIpc) is 2.29. The van der Waals surface area contributed by atoms with E-state index in [-0.39, 0.29) is 5.82 Å². The van der Waals surface area contributed by atoms with Crippen LogP contribution >= 0.6 is 0 Å². The largest absolute Gasteiger partial charge is 0.387 e. The lowest BCUT2D eigenvalue weighted by Crippen LogP contribution is -2.26. The SMILES string of the molecule is COCCCN(C)CC(O)c1ccccc1F. The molecule has 0 spiro atoms. The fraction of sp³-hybridized carbons (Fsp3) is 0.538. The van der Waals surface area contributed by atoms with Crippen LogP contribution < -0.4 is 0 Å². The van der Waals surface area contributed by atoms with E-state index in [4.69, 9.17) is 4.74 Å². The first-order chi connectivity index (χ1) is 8.15. The molecule has 0 aromatic heterocycles. The van der Waals surface area contributed by atoms with E-state index in [1.165, 1.54) is 6.07 Å². The highest BCUT2D eigenvalue weighted by Crippen LogP contribution is 2.17. The van der Waals surface area contributed by atoms with Crippen molar-refractivity contribution in [2.24, 2.45) is 0 Å². The zero-order valence-corrected chi connectivity index (χ0v) is 10.4. The molecule has 0 saturated carbocycles. The van der Waals surface area contributed by atoms with Crippen LogP contribution in [0.2, 0.25) is 0 Å². The molecule has 0 radical (unpaired) electrons. The van der Waals surface area contributed by atoms with Crippen molar-refractivity contribution in [2.75, 3.05) is 33.9 Å². The van der Waals surface area contributed by atoms with Crippen LogP contribution in [0.1, 0.15) is 18.1 Å². The highest BCUT2D eigenvalue weighted by atomic mass is 19.1. The molecule has 0 fully saturated rings. The maximum absolute atomic E-state index is 13.4. The number of rotatable bonds is 7. The van der Waals surface area contributed by atoms with Gasteiger partial charge in [0.15, 0.2) is 0 Å². The maximum Gasteiger partial charge on any atom is 0.129 e. The molecule has 1 aromatic carbocycles. The van der Waals surface area contributed by atoms with E-state index in [1.807, 2.05) is 11.9 Å². The summed E-state index contributed by atoms with van der Waals surface area (Å²) in [4.78, 5) is 1.97. The molecule has 0 aliphatic carbocycles. The summed E-state index contributed by atoms with van der Waals surface area (Å²) in [5.41, 5.74) is 0.353. The summed E-state index contributed by atoms with van der Waals surface area (Å²) in [6, 6.07) is 6.33. The number of aliphatic hydroxyl groups is 1. The summed E-state index contributed by atoms with van der Waals surface area (Å²) in [5.74, 6) is -0.356. The van der Waals surface area contributed by atoms with Crippen LogP contribution in [0, 0.1) is 5.82 Å². The second kappa shape index (κ2) is 7.37. The van der Waals surface area contributed by atoms with E-state index < -0.39 is 6.10 Å². The summed E-state index contributed by atoms with van der Waals surface area (Å²) in [6.07, 6.45) is 0.112. The zero-order chi connectivity index (χ0) is 12.7. The third-order valence-electron chi connectivity index (χ3n) is 2.64. The van der Waals surface area contributed by atoms with E-state index in [0.717, 1.165) is 13.0 Å². The van der Waals surface area contributed by atoms with Crippen LogP contribution in [-0.4, -0.2) is 43.9 Å². The summed E-state index contributed by atoms with van der Waals surface area (Å²) >= 11 is 0. The molecule has 0 bridgehead atoms. The number of ether oxygens (including phenoxy) is 1. The lowest BCUT2D eigenvalue weighted by molar-refractivity contribution is 0.115. The zero-order valence-electron chi connectivity index (χ0n) is 10.4. The monoisotopic (exact) mass is 241 g/mol. The summed E-state index contributed by atoms with van der Waals surface area (Å²) in [6.45, 7) is 1.93. The van der Waals surface area contributed by atoms with Gasteiger partial charge in [0.2, 0.25) is 0 Å². The van der Waals surface area contributed by atoms with Crippen molar-refractivity contribution < 1.29 is 14.2 Å².